The zero-order chi connectivity index (χ0) is 17.8. The topological polar surface area (TPSA) is 67.8 Å². The fourth-order valence-corrected chi connectivity index (χ4v) is 4.14. The SMILES string of the molecule is O=C(CCCc1nc2ccccc2s1)Nc1ccc(-c2csnn2)cc1. The predicted molar refractivity (Wildman–Crippen MR) is 107 cm³/mol. The molecule has 0 bridgehead atoms. The fraction of sp³-hybridized carbons (Fsp3) is 0.158. The van der Waals surface area contributed by atoms with Crippen LogP contribution in [0, 0.1) is 0 Å². The number of amides is 1. The highest BCUT2D eigenvalue weighted by atomic mass is 32.1. The third-order valence-corrected chi connectivity index (χ3v) is 5.56. The molecule has 0 aliphatic heterocycles. The number of hydrogen-bond acceptors (Lipinski definition) is 6. The van der Waals surface area contributed by atoms with Crippen molar-refractivity contribution >= 4 is 44.7 Å². The number of nitrogens with one attached hydrogen (secondary N) is 1. The van der Waals surface area contributed by atoms with Crippen LogP contribution in [0.4, 0.5) is 5.69 Å². The number of para-hydroxylation sites is 1. The van der Waals surface area contributed by atoms with Gasteiger partial charge in [0.05, 0.1) is 15.2 Å². The standard InChI is InChI=1S/C19H16N4OS2/c24-18(6-3-7-19-21-15-4-1-2-5-17(15)26-19)20-14-10-8-13(9-11-14)16-12-25-23-22-16/h1-2,4-5,8-12H,3,6-7H2,(H,20,24). The van der Waals surface area contributed by atoms with Crippen molar-refractivity contribution in [1.82, 2.24) is 14.6 Å². The minimum atomic E-state index is 0.0224. The highest BCUT2D eigenvalue weighted by Gasteiger charge is 2.07. The molecule has 2 aromatic heterocycles. The molecule has 130 valence electrons. The highest BCUT2D eigenvalue weighted by molar-refractivity contribution is 7.18. The van der Waals surface area contributed by atoms with E-state index < -0.39 is 0 Å². The Kier molecular flexibility index (Phi) is 4.99. The van der Waals surface area contributed by atoms with Crippen molar-refractivity contribution in [3.8, 4) is 11.3 Å². The molecule has 0 fully saturated rings. The maximum atomic E-state index is 12.1. The number of benzene rings is 2. The Balaban J connectivity index is 1.28. The Morgan fingerprint density at radius 3 is 2.69 bits per heavy atom. The van der Waals surface area contributed by atoms with Crippen LogP contribution in [0.25, 0.3) is 21.5 Å². The maximum Gasteiger partial charge on any atom is 0.224 e. The summed E-state index contributed by atoms with van der Waals surface area (Å²) in [5.41, 5.74) is 3.67. The molecule has 0 unspecified atom stereocenters. The minimum absolute atomic E-state index is 0.0224. The smallest absolute Gasteiger partial charge is 0.224 e. The van der Waals surface area contributed by atoms with Crippen molar-refractivity contribution in [2.24, 2.45) is 0 Å². The van der Waals surface area contributed by atoms with Gasteiger partial charge in [-0.2, -0.15) is 0 Å². The van der Waals surface area contributed by atoms with Crippen LogP contribution in [-0.2, 0) is 11.2 Å². The van der Waals surface area contributed by atoms with Gasteiger partial charge in [0.1, 0.15) is 5.69 Å². The van der Waals surface area contributed by atoms with Gasteiger partial charge in [0.2, 0.25) is 5.91 Å². The van der Waals surface area contributed by atoms with Crippen molar-refractivity contribution in [2.75, 3.05) is 5.32 Å². The summed E-state index contributed by atoms with van der Waals surface area (Å²) in [5, 5.41) is 9.96. The molecule has 26 heavy (non-hydrogen) atoms. The van der Waals surface area contributed by atoms with Crippen LogP contribution in [0.3, 0.4) is 0 Å². The van der Waals surface area contributed by atoms with Gasteiger partial charge in [-0.05, 0) is 48.6 Å². The number of anilines is 1. The van der Waals surface area contributed by atoms with Crippen LogP contribution < -0.4 is 5.32 Å². The third-order valence-electron chi connectivity index (χ3n) is 3.96. The lowest BCUT2D eigenvalue weighted by Gasteiger charge is -2.05. The second kappa shape index (κ2) is 7.72. The lowest BCUT2D eigenvalue weighted by molar-refractivity contribution is -0.116. The molecular formula is C19H16N4OS2. The maximum absolute atomic E-state index is 12.1. The number of nitrogens with zero attached hydrogens (tertiary/aromatic N) is 3. The molecule has 0 aliphatic carbocycles. The summed E-state index contributed by atoms with van der Waals surface area (Å²) in [6, 6.07) is 15.8. The molecule has 2 aromatic carbocycles. The molecule has 0 aliphatic rings. The summed E-state index contributed by atoms with van der Waals surface area (Å²) >= 11 is 3.02. The highest BCUT2D eigenvalue weighted by Crippen LogP contribution is 2.23. The number of fused-ring (bicyclic) bond motifs is 1. The number of aromatic nitrogens is 3. The van der Waals surface area contributed by atoms with Gasteiger partial charge in [0, 0.05) is 23.1 Å². The van der Waals surface area contributed by atoms with E-state index in [1.165, 1.54) is 16.2 Å². The van der Waals surface area contributed by atoms with Crippen molar-refractivity contribution in [1.29, 1.82) is 0 Å². The molecule has 5 nitrogen and oxygen atoms in total. The van der Waals surface area contributed by atoms with Gasteiger partial charge in [-0.15, -0.1) is 16.4 Å². The Morgan fingerprint density at radius 1 is 1.08 bits per heavy atom. The third kappa shape index (κ3) is 3.95. The predicted octanol–water partition coefficient (Wildman–Crippen LogP) is 4.78. The van der Waals surface area contributed by atoms with E-state index in [2.05, 4.69) is 26.0 Å². The van der Waals surface area contributed by atoms with Crippen molar-refractivity contribution < 1.29 is 4.79 Å². The normalized spacial score (nSPS) is 10.9. The van der Waals surface area contributed by atoms with E-state index in [0.717, 1.165) is 40.3 Å². The number of carbonyl (C=O) groups is 1. The van der Waals surface area contributed by atoms with Gasteiger partial charge < -0.3 is 5.32 Å². The van der Waals surface area contributed by atoms with Crippen LogP contribution in [0.15, 0.2) is 53.9 Å². The van der Waals surface area contributed by atoms with Crippen molar-refractivity contribution in [3.63, 3.8) is 0 Å². The molecule has 4 rings (SSSR count). The van der Waals surface area contributed by atoms with E-state index in [1.807, 2.05) is 47.8 Å². The molecule has 0 spiro atoms. The molecule has 0 saturated carbocycles. The average molecular weight is 380 g/mol. The molecule has 0 atom stereocenters. The summed E-state index contributed by atoms with van der Waals surface area (Å²) < 4.78 is 5.06. The zero-order valence-electron chi connectivity index (χ0n) is 13.9. The minimum Gasteiger partial charge on any atom is -0.326 e. The second-order valence-electron chi connectivity index (χ2n) is 5.84. The number of rotatable bonds is 6. The fourth-order valence-electron chi connectivity index (χ4n) is 2.67. The molecular weight excluding hydrogens is 364 g/mol. The van der Waals surface area contributed by atoms with Gasteiger partial charge in [0.15, 0.2) is 0 Å². The first-order valence-corrected chi connectivity index (χ1v) is 9.95. The van der Waals surface area contributed by atoms with Crippen LogP contribution in [0.2, 0.25) is 0 Å². The Hall–Kier alpha value is -2.64. The molecule has 0 saturated heterocycles. The number of aryl methyl sites for hydroxylation is 1. The number of thiazole rings is 1. The van der Waals surface area contributed by atoms with Crippen LogP contribution in [-0.4, -0.2) is 20.5 Å². The van der Waals surface area contributed by atoms with Crippen LogP contribution >= 0.6 is 22.9 Å². The van der Waals surface area contributed by atoms with E-state index in [1.54, 1.807) is 11.3 Å². The van der Waals surface area contributed by atoms with Crippen LogP contribution in [0.1, 0.15) is 17.8 Å². The lowest BCUT2D eigenvalue weighted by atomic mass is 10.1. The number of hydrogen-bond donors (Lipinski definition) is 1. The van der Waals surface area contributed by atoms with E-state index in [0.29, 0.717) is 6.42 Å². The van der Waals surface area contributed by atoms with E-state index >= 15 is 0 Å². The van der Waals surface area contributed by atoms with Gasteiger partial charge in [-0.1, -0.05) is 28.8 Å². The second-order valence-corrected chi connectivity index (χ2v) is 7.57. The van der Waals surface area contributed by atoms with E-state index in [4.69, 9.17) is 0 Å². The first kappa shape index (κ1) is 16.8. The first-order chi connectivity index (χ1) is 12.8. The Morgan fingerprint density at radius 2 is 1.92 bits per heavy atom. The molecule has 4 aromatic rings. The van der Waals surface area contributed by atoms with Gasteiger partial charge in [0.25, 0.3) is 0 Å². The summed E-state index contributed by atoms with van der Waals surface area (Å²) in [4.78, 5) is 16.7. The first-order valence-electron chi connectivity index (χ1n) is 8.30. The Bertz CT molecular complexity index is 977. The average Bonchev–Trinajstić information content (AvgIpc) is 3.32. The van der Waals surface area contributed by atoms with Crippen LogP contribution in [0.5, 0.6) is 0 Å². The largest absolute Gasteiger partial charge is 0.326 e. The van der Waals surface area contributed by atoms with Gasteiger partial charge in [-0.25, -0.2) is 4.98 Å². The Labute approximate surface area is 158 Å². The molecule has 1 N–H and O–H groups in total. The summed E-state index contributed by atoms with van der Waals surface area (Å²) in [5.74, 6) is 0.0224. The van der Waals surface area contributed by atoms with Crippen molar-refractivity contribution in [3.05, 3.63) is 58.9 Å². The van der Waals surface area contributed by atoms with E-state index in [-0.39, 0.29) is 5.91 Å². The molecule has 7 heteroatoms. The summed E-state index contributed by atoms with van der Waals surface area (Å²) in [6.45, 7) is 0. The summed E-state index contributed by atoms with van der Waals surface area (Å²) in [6.07, 6.45) is 2.09. The number of carbonyl (C=O) groups excluding carboxylic acids is 1. The molecule has 1 amide bonds. The van der Waals surface area contributed by atoms with Crippen molar-refractivity contribution in [2.45, 2.75) is 19.3 Å². The quantitative estimate of drug-likeness (QED) is 0.523. The summed E-state index contributed by atoms with van der Waals surface area (Å²) in [7, 11) is 0. The van der Waals surface area contributed by atoms with Gasteiger partial charge >= 0.3 is 0 Å². The molecule has 2 heterocycles. The van der Waals surface area contributed by atoms with Gasteiger partial charge in [-0.3, -0.25) is 4.79 Å². The monoisotopic (exact) mass is 380 g/mol. The lowest BCUT2D eigenvalue weighted by Crippen LogP contribution is -2.11. The zero-order valence-corrected chi connectivity index (χ0v) is 15.5. The molecule has 0 radical (unpaired) electrons. The van der Waals surface area contributed by atoms with E-state index in [9.17, 15) is 4.79 Å².